The number of hydrogen-bond acceptors (Lipinski definition) is 0. The Morgan fingerprint density at radius 3 is 0.538 bits per heavy atom. The molecule has 0 radical (unpaired) electrons. The van der Waals surface area contributed by atoms with Crippen molar-refractivity contribution in [2.45, 2.75) is 400 Å². The van der Waals surface area contributed by atoms with Crippen LogP contribution in [0.1, 0.15) is 400 Å². The minimum absolute atomic E-state index is 0. The van der Waals surface area contributed by atoms with Crippen molar-refractivity contribution in [1.29, 1.82) is 0 Å². The maximum absolute atomic E-state index is 2.68. The molecule has 16 aliphatic rings. The summed E-state index contributed by atoms with van der Waals surface area (Å²) in [6.07, 6.45) is 85.5. The Bertz CT molecular complexity index is 2760. The van der Waals surface area contributed by atoms with Gasteiger partial charge in [-0.25, -0.2) is 0 Å². The van der Waals surface area contributed by atoms with Crippen molar-refractivity contribution in [3.05, 3.63) is 269 Å². The Kier molecular flexibility index (Phi) is 130. The summed E-state index contributed by atoms with van der Waals surface area (Å²) in [4.78, 5) is 0. The Morgan fingerprint density at radius 1 is 0.166 bits per heavy atom. The van der Waals surface area contributed by atoms with Gasteiger partial charge in [-0.15, -0.1) is 0 Å². The zero-order valence-corrected chi connectivity index (χ0v) is 126. The molecule has 0 saturated heterocycles. The van der Waals surface area contributed by atoms with Crippen molar-refractivity contribution < 1.29 is 129 Å². The van der Waals surface area contributed by atoms with Crippen LogP contribution < -0.4 is 0 Å². The van der Waals surface area contributed by atoms with Crippen LogP contribution in [0.25, 0.3) is 0 Å². The van der Waals surface area contributed by atoms with E-state index < -0.39 is 0 Å². The minimum Gasteiger partial charge on any atom is -0.358 e. The predicted molar refractivity (Wildman–Crippen MR) is 666 cm³/mol. The molecule has 11 fully saturated rings. The number of unbranched alkanes of at least 4 members (excludes halogenated alkanes) is 7. The summed E-state index contributed by atoms with van der Waals surface area (Å²) in [7, 11) is 0. The average molecular weight is 2840 g/mol. The van der Waals surface area contributed by atoms with E-state index in [1.807, 2.05) is 0 Å². The first-order valence-corrected chi connectivity index (χ1v) is 54.1. The molecule has 15 atom stereocenters. The first kappa shape index (κ1) is 191. The third-order valence-corrected chi connectivity index (χ3v) is 40.7. The van der Waals surface area contributed by atoms with E-state index in [1.165, 1.54) is 193 Å². The fourth-order valence-corrected chi connectivity index (χ4v) is 28.0. The molecule has 16 aliphatic carbocycles. The number of fused-ring (bicyclic) bond motifs is 6. The Labute approximate surface area is 1020 Å². The summed E-state index contributed by atoms with van der Waals surface area (Å²) in [6, 6.07) is 0. The van der Waals surface area contributed by atoms with Crippen molar-refractivity contribution >= 4 is 0 Å². The molecule has 0 amide bonds. The molecule has 0 N–H and O–H groups in total. The van der Waals surface area contributed by atoms with Crippen molar-refractivity contribution in [1.82, 2.24) is 0 Å². The number of allylic oxidation sites excluding steroid dienone is 20. The van der Waals surface area contributed by atoms with Gasteiger partial charge in [0.1, 0.15) is 0 Å². The monoisotopic (exact) mass is 2850 g/mol. The summed E-state index contributed by atoms with van der Waals surface area (Å²) in [6.45, 7) is 71.5. The molecule has 0 aromatic carbocycles. The average Bonchev–Trinajstić information content (AvgIpc) is 1.63. The third-order valence-electron chi connectivity index (χ3n) is 40.7. The summed E-state index contributed by atoms with van der Waals surface area (Å²) in [5, 5.41) is 0. The summed E-state index contributed by atoms with van der Waals surface area (Å²) in [5.41, 5.74) is 3.45. The second-order valence-electron chi connectivity index (χ2n) is 46.1. The van der Waals surface area contributed by atoms with Gasteiger partial charge in [0.25, 0.3) is 0 Å². The third kappa shape index (κ3) is 54.7. The Balaban J connectivity index is -0.0000000705. The molecule has 0 spiro atoms. The summed E-state index contributed by atoms with van der Waals surface area (Å²) >= 11 is 0. The van der Waals surface area contributed by atoms with E-state index in [2.05, 4.69) is 317 Å². The van der Waals surface area contributed by atoms with Gasteiger partial charge in [0.15, 0.2) is 0 Å². The molecule has 0 aromatic heterocycles. The molecule has 0 aromatic rings. The van der Waals surface area contributed by atoms with E-state index in [1.54, 1.807) is 11.1 Å². The van der Waals surface area contributed by atoms with Crippen LogP contribution in [-0.2, 0) is 129 Å². The van der Waals surface area contributed by atoms with E-state index in [0.717, 1.165) is 237 Å². The molecule has 0 nitrogen and oxygen atoms in total. The van der Waals surface area contributed by atoms with E-state index >= 15 is 0 Å². The van der Waals surface area contributed by atoms with Crippen LogP contribution in [0.3, 0.4) is 0 Å². The topological polar surface area (TPSA) is 0 Å². The number of hydrogen-bond donors (Lipinski definition) is 0. The van der Waals surface area contributed by atoms with Crippen molar-refractivity contribution in [2.75, 3.05) is 0 Å². The molecule has 16 rings (SSSR count). The van der Waals surface area contributed by atoms with Gasteiger partial charge >= 0.3 is 129 Å². The SMILES string of the molecule is CC1C(C)C(C)C(C)C1C.CC1C(C)C(C)C(C)C1C.CC1C(C)C(C)C(C)C1C.CC1C(C)C(C)C(C)C1C.CC1C(C)C(C)C(C)C1C.CCCC1CCC2C=CC=CC21.CCCCC1CCC2C=C3CCCC3=CC21.CCCCC1CCC2C=CC=CC21.CCCCCC1CCC2C=CC=CC21.CCCCCCC1CCC2C=CC=CC21.[CH3-].[CH3-].[CH3-].[CH3-].[CH3-].[CH3-].[CH3-].[CH3-].[CH3-].[CH3-].[CH3-].[CH3-].[CH3-].[CH3-].[CH3-].[CH3-].[CH3-].[CH3-].[CH3-].[CH3-].[Hf+4].[Hf+4].[Hf+4].[Hf+4].[Hf+4]. The molecule has 0 heterocycles. The fraction of sp³-hybridized carbons (Fsp3) is 0.714. The van der Waals surface area contributed by atoms with Crippen LogP contribution in [0.2, 0.25) is 0 Å². The zero-order valence-electron chi connectivity index (χ0n) is 108. The van der Waals surface area contributed by atoms with Crippen molar-refractivity contribution in [3.63, 3.8) is 0 Å². The molecule has 145 heavy (non-hydrogen) atoms. The van der Waals surface area contributed by atoms with Crippen LogP contribution in [0, 0.1) is 385 Å². The maximum atomic E-state index is 2.68. The van der Waals surface area contributed by atoms with Crippen LogP contribution >= 0.6 is 0 Å². The van der Waals surface area contributed by atoms with Gasteiger partial charge in [-0.3, -0.25) is 0 Å². The van der Waals surface area contributed by atoms with Crippen LogP contribution in [-0.4, -0.2) is 0 Å². The van der Waals surface area contributed by atoms with Crippen molar-refractivity contribution in [2.24, 2.45) is 237 Å². The molecule has 5 heteroatoms. The molecule has 15 unspecified atom stereocenters. The molecule has 848 valence electrons. The smallest absolute Gasteiger partial charge is 0.358 e. The van der Waals surface area contributed by atoms with Gasteiger partial charge in [-0.1, -0.05) is 401 Å². The van der Waals surface area contributed by atoms with Crippen LogP contribution in [0.5, 0.6) is 0 Å². The molecule has 0 aliphatic heterocycles. The zero-order chi connectivity index (χ0) is 88.2. The fourth-order valence-electron chi connectivity index (χ4n) is 28.0. The first-order valence-electron chi connectivity index (χ1n) is 54.1. The summed E-state index contributed by atoms with van der Waals surface area (Å²) in [5.74, 6) is 37.3. The van der Waals surface area contributed by atoms with Crippen molar-refractivity contribution in [3.8, 4) is 0 Å². The van der Waals surface area contributed by atoms with Gasteiger partial charge in [0.2, 0.25) is 0 Å². The minimum atomic E-state index is 0. The van der Waals surface area contributed by atoms with Gasteiger partial charge in [0.05, 0.1) is 0 Å². The largest absolute Gasteiger partial charge is 4.00 e. The Hall–Kier alpha value is 1.75. The quantitative estimate of drug-likeness (QED) is 0.0774. The second kappa shape index (κ2) is 98.9. The van der Waals surface area contributed by atoms with E-state index in [9.17, 15) is 0 Å². The van der Waals surface area contributed by atoms with E-state index in [-0.39, 0.29) is 278 Å². The van der Waals surface area contributed by atoms with Gasteiger partial charge in [-0.2, -0.15) is 0 Å². The van der Waals surface area contributed by atoms with Gasteiger partial charge < -0.3 is 149 Å². The second-order valence-corrected chi connectivity index (χ2v) is 46.1. The molecule has 11 saturated carbocycles. The summed E-state index contributed by atoms with van der Waals surface area (Å²) < 4.78 is 0. The Morgan fingerprint density at radius 2 is 0.331 bits per heavy atom. The normalized spacial score (nSPS) is 36.5. The predicted octanol–water partition coefficient (Wildman–Crippen LogP) is 46.3. The van der Waals surface area contributed by atoms with E-state index in [0.29, 0.717) is 0 Å². The van der Waals surface area contributed by atoms with E-state index in [4.69, 9.17) is 0 Å². The van der Waals surface area contributed by atoms with Gasteiger partial charge in [-0.05, 0) is 357 Å². The van der Waals surface area contributed by atoms with Crippen LogP contribution in [0.4, 0.5) is 0 Å². The standard InChI is InChI=1S/C16H24.C15H24.C14H22.C13H20.C12H18.5C10H20.20CH3.5Hf/c1-2-3-5-12-8-9-15-10-13-6-4-7-14(13)11-16(12)15;1-2-3-4-5-8-13-11-12-14-9-6-7-10-15(13)14;1-2-3-4-7-12-10-11-13-8-5-6-9-14(12)13;1-2-3-6-11-9-10-12-7-4-5-8-13(11)12;1-2-5-10-8-9-11-6-3-4-7-12(10)11;5*1-6-7(2)9(4)10(5)8(6)3;;;;;;;;;;;;;;;;;;;;;;;;;/h10-12,15-16H,2-9H2,1H3;6-7,9-10,13-15H,2-5,8,11-12H2,1H3;5-6,8-9,12-14H,2-4,7,10-11H2,1H3;4-5,7-8,11-13H,2-3,6,9-10H2,1H3;3-4,6-7,10-12H,2,5,8-9H2,1H3;5*6-10H,1-5H3;20*1H3;;;;;/q;;;;;;;;;;20*-1;5*+4. The molecule has 0 bridgehead atoms. The number of rotatable bonds is 17. The van der Waals surface area contributed by atoms with Crippen LogP contribution in [0.15, 0.2) is 121 Å². The maximum Gasteiger partial charge on any atom is 4.00 e. The molecular formula is C140H268Hf5. The van der Waals surface area contributed by atoms with Gasteiger partial charge in [0, 0.05) is 0 Å². The first-order chi connectivity index (χ1) is 57.3. The molecular weight excluding hydrogens is 2570 g/mol.